The quantitative estimate of drug-likeness (QED) is 0.344. The SMILES string of the molecule is CCCCc1nc2c(OCOC)n[nH]c(=O)c2n1Cc1ccc(-c2ccccc2C(=O)O)cc1. The molecule has 9 nitrogen and oxygen atoms in total. The molecular weight excluding hydrogens is 436 g/mol. The van der Waals surface area contributed by atoms with Gasteiger partial charge in [0.25, 0.3) is 11.4 Å². The number of benzene rings is 2. The number of unbranched alkanes of at least 4 members (excludes halogenated alkanes) is 1. The molecule has 0 saturated carbocycles. The van der Waals surface area contributed by atoms with Gasteiger partial charge >= 0.3 is 5.97 Å². The Labute approximate surface area is 196 Å². The molecule has 0 atom stereocenters. The zero-order chi connectivity index (χ0) is 24.1. The summed E-state index contributed by atoms with van der Waals surface area (Å²) < 4.78 is 12.4. The number of aromatic carboxylic acids is 1. The van der Waals surface area contributed by atoms with Crippen molar-refractivity contribution in [2.75, 3.05) is 13.9 Å². The first-order valence-electron chi connectivity index (χ1n) is 11.0. The minimum atomic E-state index is -0.968. The number of nitrogens with zero attached hydrogens (tertiary/aromatic N) is 3. The summed E-state index contributed by atoms with van der Waals surface area (Å²) in [6.45, 7) is 2.51. The number of carbonyl (C=O) groups is 1. The number of ether oxygens (including phenoxy) is 2. The maximum absolute atomic E-state index is 12.7. The fourth-order valence-electron chi connectivity index (χ4n) is 3.89. The van der Waals surface area contributed by atoms with E-state index in [-0.39, 0.29) is 23.8 Å². The Morgan fingerprint density at radius 3 is 2.62 bits per heavy atom. The molecule has 0 amide bonds. The summed E-state index contributed by atoms with van der Waals surface area (Å²) >= 11 is 0. The lowest BCUT2D eigenvalue weighted by Crippen LogP contribution is -2.16. The number of fused-ring (bicyclic) bond motifs is 1. The van der Waals surface area contributed by atoms with Gasteiger partial charge in [-0.2, -0.15) is 0 Å². The lowest BCUT2D eigenvalue weighted by Gasteiger charge is -2.11. The minimum Gasteiger partial charge on any atom is -0.478 e. The smallest absolute Gasteiger partial charge is 0.336 e. The molecule has 2 heterocycles. The Morgan fingerprint density at radius 1 is 1.15 bits per heavy atom. The summed E-state index contributed by atoms with van der Waals surface area (Å²) in [5.41, 5.74) is 3.11. The second kappa shape index (κ2) is 10.3. The van der Waals surface area contributed by atoms with Gasteiger partial charge in [-0.1, -0.05) is 55.8 Å². The molecule has 2 aromatic heterocycles. The van der Waals surface area contributed by atoms with E-state index in [1.165, 1.54) is 7.11 Å². The van der Waals surface area contributed by atoms with Gasteiger partial charge in [0.05, 0.1) is 5.56 Å². The topological polar surface area (TPSA) is 119 Å². The van der Waals surface area contributed by atoms with Crippen LogP contribution < -0.4 is 10.3 Å². The van der Waals surface area contributed by atoms with Gasteiger partial charge in [0.2, 0.25) is 0 Å². The Morgan fingerprint density at radius 2 is 1.91 bits per heavy atom. The zero-order valence-electron chi connectivity index (χ0n) is 19.1. The van der Waals surface area contributed by atoms with E-state index < -0.39 is 5.97 Å². The van der Waals surface area contributed by atoms with Gasteiger partial charge in [-0.05, 0) is 29.2 Å². The van der Waals surface area contributed by atoms with Crippen LogP contribution in [0.1, 0.15) is 41.5 Å². The Bertz CT molecular complexity index is 1360. The Hall–Kier alpha value is -3.98. The first-order valence-corrected chi connectivity index (χ1v) is 11.0. The second-order valence-electron chi connectivity index (χ2n) is 7.87. The fraction of sp³-hybridized carbons (Fsp3) is 0.280. The molecule has 9 heteroatoms. The maximum Gasteiger partial charge on any atom is 0.336 e. The summed E-state index contributed by atoms with van der Waals surface area (Å²) in [5, 5.41) is 16.0. The average molecular weight is 463 g/mol. The Kier molecular flexibility index (Phi) is 7.03. The Balaban J connectivity index is 1.72. The van der Waals surface area contributed by atoms with E-state index in [1.54, 1.807) is 18.2 Å². The van der Waals surface area contributed by atoms with Crippen molar-refractivity contribution in [3.63, 3.8) is 0 Å². The predicted molar refractivity (Wildman–Crippen MR) is 127 cm³/mol. The zero-order valence-corrected chi connectivity index (χ0v) is 19.1. The van der Waals surface area contributed by atoms with Crippen LogP contribution in [0.3, 0.4) is 0 Å². The molecular formula is C25H26N4O5. The van der Waals surface area contributed by atoms with Gasteiger partial charge in [0.15, 0.2) is 12.3 Å². The molecule has 4 rings (SSSR count). The van der Waals surface area contributed by atoms with Crippen molar-refractivity contribution in [1.82, 2.24) is 19.7 Å². The molecule has 176 valence electrons. The number of rotatable bonds is 10. The minimum absolute atomic E-state index is 0.00935. The third-order valence-electron chi connectivity index (χ3n) is 5.55. The van der Waals surface area contributed by atoms with Crippen LogP contribution >= 0.6 is 0 Å². The highest BCUT2D eigenvalue weighted by atomic mass is 16.7. The largest absolute Gasteiger partial charge is 0.478 e. The fourth-order valence-corrected chi connectivity index (χ4v) is 3.89. The van der Waals surface area contributed by atoms with E-state index in [1.807, 2.05) is 34.9 Å². The van der Waals surface area contributed by atoms with Gasteiger partial charge in [-0.15, -0.1) is 5.10 Å². The van der Waals surface area contributed by atoms with Crippen LogP contribution in [-0.4, -0.2) is 44.7 Å². The van der Waals surface area contributed by atoms with Crippen molar-refractivity contribution in [3.8, 4) is 17.0 Å². The first-order chi connectivity index (χ1) is 16.5. The summed E-state index contributed by atoms with van der Waals surface area (Å²) in [5.74, 6) is 0.0240. The second-order valence-corrected chi connectivity index (χ2v) is 7.87. The number of aryl methyl sites for hydroxylation is 1. The predicted octanol–water partition coefficient (Wildman–Crippen LogP) is 3.86. The average Bonchev–Trinajstić information content (AvgIpc) is 3.21. The highest BCUT2D eigenvalue weighted by Gasteiger charge is 2.19. The van der Waals surface area contributed by atoms with Gasteiger partial charge in [-0.3, -0.25) is 4.79 Å². The molecule has 4 aromatic rings. The maximum atomic E-state index is 12.7. The molecule has 0 aliphatic heterocycles. The van der Waals surface area contributed by atoms with Crippen molar-refractivity contribution >= 4 is 17.0 Å². The number of H-pyrrole nitrogens is 1. The lowest BCUT2D eigenvalue weighted by molar-refractivity contribution is 0.0482. The molecule has 0 unspecified atom stereocenters. The lowest BCUT2D eigenvalue weighted by atomic mass is 9.99. The van der Waals surface area contributed by atoms with Gasteiger partial charge < -0.3 is 19.1 Å². The van der Waals surface area contributed by atoms with Crippen LogP contribution in [-0.2, 0) is 17.7 Å². The van der Waals surface area contributed by atoms with Crippen molar-refractivity contribution in [2.24, 2.45) is 0 Å². The van der Waals surface area contributed by atoms with Gasteiger partial charge in [-0.25, -0.2) is 14.9 Å². The number of carboxylic acid groups (broad SMARTS) is 1. The molecule has 0 fully saturated rings. The van der Waals surface area contributed by atoms with E-state index in [2.05, 4.69) is 17.1 Å². The number of carboxylic acids is 1. The summed E-state index contributed by atoms with van der Waals surface area (Å²) in [7, 11) is 1.51. The number of aromatic amines is 1. The molecule has 2 aromatic carbocycles. The molecule has 0 bridgehead atoms. The first kappa shape index (κ1) is 23.2. The van der Waals surface area contributed by atoms with Crippen LogP contribution in [0.25, 0.3) is 22.2 Å². The van der Waals surface area contributed by atoms with E-state index in [4.69, 9.17) is 14.5 Å². The number of methoxy groups -OCH3 is 1. The molecule has 0 aliphatic carbocycles. The monoisotopic (exact) mass is 462 g/mol. The highest BCUT2D eigenvalue weighted by molar-refractivity contribution is 5.96. The summed E-state index contributed by atoms with van der Waals surface area (Å²) in [6, 6.07) is 14.5. The molecule has 0 radical (unpaired) electrons. The standard InChI is InChI=1S/C25H26N4O5/c1-3-4-9-20-26-21-22(23(30)27-28-24(21)34-15-33-2)29(20)14-16-10-12-17(13-11-16)18-7-5-6-8-19(18)25(31)32/h5-8,10-13H,3-4,9,14-15H2,1-2H3,(H,27,30)(H,31,32). The number of hydrogen-bond acceptors (Lipinski definition) is 6. The van der Waals surface area contributed by atoms with Crippen molar-refractivity contribution in [2.45, 2.75) is 32.7 Å². The van der Waals surface area contributed by atoms with E-state index in [0.29, 0.717) is 29.6 Å². The van der Waals surface area contributed by atoms with Gasteiger partial charge in [0, 0.05) is 20.1 Å². The number of hydrogen-bond donors (Lipinski definition) is 2. The third kappa shape index (κ3) is 4.69. The molecule has 2 N–H and O–H groups in total. The molecule has 0 aliphatic rings. The van der Waals surface area contributed by atoms with Gasteiger partial charge in [0.1, 0.15) is 11.3 Å². The summed E-state index contributed by atoms with van der Waals surface area (Å²) in [6.07, 6.45) is 2.62. The molecule has 34 heavy (non-hydrogen) atoms. The van der Waals surface area contributed by atoms with E-state index in [0.717, 1.165) is 29.8 Å². The summed E-state index contributed by atoms with van der Waals surface area (Å²) in [4.78, 5) is 29.0. The van der Waals surface area contributed by atoms with Crippen LogP contribution in [0.15, 0.2) is 53.3 Å². The number of imidazole rings is 1. The van der Waals surface area contributed by atoms with E-state index in [9.17, 15) is 14.7 Å². The van der Waals surface area contributed by atoms with Crippen LogP contribution in [0.2, 0.25) is 0 Å². The van der Waals surface area contributed by atoms with Crippen LogP contribution in [0.4, 0.5) is 0 Å². The van der Waals surface area contributed by atoms with E-state index >= 15 is 0 Å². The molecule has 0 spiro atoms. The van der Waals surface area contributed by atoms with Crippen LogP contribution in [0.5, 0.6) is 5.88 Å². The number of aromatic nitrogens is 4. The number of nitrogens with one attached hydrogen (secondary N) is 1. The molecule has 0 saturated heterocycles. The van der Waals surface area contributed by atoms with Crippen LogP contribution in [0, 0.1) is 0 Å². The normalized spacial score (nSPS) is 11.1. The van der Waals surface area contributed by atoms with Crippen molar-refractivity contribution in [1.29, 1.82) is 0 Å². The third-order valence-corrected chi connectivity index (χ3v) is 5.55. The van der Waals surface area contributed by atoms with Crippen molar-refractivity contribution < 1.29 is 19.4 Å². The van der Waals surface area contributed by atoms with Crippen molar-refractivity contribution in [3.05, 3.63) is 75.8 Å². The highest BCUT2D eigenvalue weighted by Crippen LogP contribution is 2.26.